The third kappa shape index (κ3) is 2.89. The van der Waals surface area contributed by atoms with Crippen LogP contribution < -0.4 is 10.6 Å². The maximum absolute atomic E-state index is 12.3. The topological polar surface area (TPSA) is 89.7 Å². The van der Waals surface area contributed by atoms with Crippen molar-refractivity contribution < 1.29 is 18.0 Å². The van der Waals surface area contributed by atoms with E-state index in [1.807, 2.05) is 0 Å². The van der Waals surface area contributed by atoms with Crippen molar-refractivity contribution in [2.45, 2.75) is 4.90 Å². The van der Waals surface area contributed by atoms with Crippen molar-refractivity contribution in [1.29, 1.82) is 0 Å². The van der Waals surface area contributed by atoms with Crippen LogP contribution in [0, 0.1) is 0 Å². The molecule has 0 aliphatic carbocycles. The Morgan fingerprint density at radius 3 is 1.95 bits per heavy atom. The number of hydrogen-bond acceptors (Lipinski definition) is 4. The van der Waals surface area contributed by atoms with Crippen molar-refractivity contribution >= 4 is 16.1 Å². The number of benzene rings is 2. The summed E-state index contributed by atoms with van der Waals surface area (Å²) in [7, 11) is -4.16. The molecule has 2 aromatic rings. The summed E-state index contributed by atoms with van der Waals surface area (Å²) in [5.41, 5.74) is 5.09. The Morgan fingerprint density at radius 2 is 1.45 bits per heavy atom. The fourth-order valence-corrected chi connectivity index (χ4v) is 2.59. The van der Waals surface area contributed by atoms with Gasteiger partial charge in [-0.15, -0.1) is 0 Å². The van der Waals surface area contributed by atoms with Gasteiger partial charge < -0.3 is 10.6 Å². The molecule has 0 bridgehead atoms. The zero-order valence-corrected chi connectivity index (χ0v) is 11.2. The lowest BCUT2D eigenvalue weighted by Gasteiger charge is -2.19. The number of sulfonamides is 1. The number of primary amides is 1. The highest BCUT2D eigenvalue weighted by molar-refractivity contribution is 7.89. The molecule has 0 aliphatic heterocycles. The summed E-state index contributed by atoms with van der Waals surface area (Å²) in [5.74, 6) is 0.186. The Hall–Kier alpha value is -2.54. The smallest absolute Gasteiger partial charge is 0.360 e. The van der Waals surface area contributed by atoms with Gasteiger partial charge in [0, 0.05) is 0 Å². The second-order valence-electron chi connectivity index (χ2n) is 3.79. The number of amides is 2. The maximum Gasteiger partial charge on any atom is 0.363 e. The molecule has 0 heterocycles. The van der Waals surface area contributed by atoms with E-state index in [4.69, 9.17) is 10.6 Å². The molecule has 2 amide bonds. The Morgan fingerprint density at radius 1 is 0.950 bits per heavy atom. The van der Waals surface area contributed by atoms with E-state index in [2.05, 4.69) is 0 Å². The van der Waals surface area contributed by atoms with Crippen LogP contribution in [0.5, 0.6) is 5.75 Å². The summed E-state index contributed by atoms with van der Waals surface area (Å²) < 4.78 is 24.7. The minimum absolute atomic E-state index is 0.0882. The molecule has 0 aliphatic rings. The van der Waals surface area contributed by atoms with E-state index in [1.165, 1.54) is 36.4 Å². The van der Waals surface area contributed by atoms with Crippen LogP contribution in [0.3, 0.4) is 0 Å². The number of urea groups is 1. The molecule has 104 valence electrons. The highest BCUT2D eigenvalue weighted by Crippen LogP contribution is 2.18. The van der Waals surface area contributed by atoms with Gasteiger partial charge in [0.05, 0.1) is 4.90 Å². The van der Waals surface area contributed by atoms with E-state index in [0.29, 0.717) is 0 Å². The Kier molecular flexibility index (Phi) is 3.90. The number of para-hydroxylation sites is 1. The van der Waals surface area contributed by atoms with Gasteiger partial charge in [-0.1, -0.05) is 36.4 Å². The van der Waals surface area contributed by atoms with Crippen LogP contribution in [-0.2, 0) is 10.0 Å². The molecule has 0 atom stereocenters. The molecule has 0 radical (unpaired) electrons. The molecule has 2 aromatic carbocycles. The van der Waals surface area contributed by atoms with E-state index in [-0.39, 0.29) is 15.1 Å². The van der Waals surface area contributed by atoms with Crippen molar-refractivity contribution in [2.24, 2.45) is 5.73 Å². The average molecular weight is 292 g/mol. The van der Waals surface area contributed by atoms with Crippen molar-refractivity contribution in [3.05, 3.63) is 60.7 Å². The number of nitrogens with zero attached hydrogens (tertiary/aromatic N) is 1. The molecule has 20 heavy (non-hydrogen) atoms. The fraction of sp³-hybridized carbons (Fsp3) is 0. The lowest BCUT2D eigenvalue weighted by Crippen LogP contribution is -2.43. The first-order chi connectivity index (χ1) is 9.51. The lowest BCUT2D eigenvalue weighted by molar-refractivity contribution is 0.0739. The summed E-state index contributed by atoms with van der Waals surface area (Å²) in [4.78, 5) is 16.3. The van der Waals surface area contributed by atoms with Crippen LogP contribution in [0.2, 0.25) is 0 Å². The third-order valence-corrected chi connectivity index (χ3v) is 3.93. The molecule has 7 heteroatoms. The molecule has 0 saturated carbocycles. The standard InChI is InChI=1S/C13H12N2O4S/c14-13(16)15(19-11-7-3-1-4-8-11)20(17,18)12-9-5-2-6-10-12/h1-10H,(H2,14,16). The number of rotatable bonds is 4. The van der Waals surface area contributed by atoms with Crippen molar-refractivity contribution in [3.63, 3.8) is 0 Å². The predicted octanol–water partition coefficient (Wildman–Crippen LogP) is 1.75. The van der Waals surface area contributed by atoms with Gasteiger partial charge in [-0.3, -0.25) is 0 Å². The summed E-state index contributed by atoms with van der Waals surface area (Å²) in [6, 6.07) is 14.2. The highest BCUT2D eigenvalue weighted by Gasteiger charge is 2.30. The number of carbonyl (C=O) groups excluding carboxylic acids is 1. The van der Waals surface area contributed by atoms with E-state index in [0.717, 1.165) is 0 Å². The van der Waals surface area contributed by atoms with Crippen LogP contribution in [0.1, 0.15) is 0 Å². The first-order valence-corrected chi connectivity index (χ1v) is 7.08. The molecule has 2 rings (SSSR count). The van der Waals surface area contributed by atoms with Crippen LogP contribution in [0.15, 0.2) is 65.6 Å². The van der Waals surface area contributed by atoms with Gasteiger partial charge in [0.25, 0.3) is 10.0 Å². The number of carbonyl (C=O) groups is 1. The van der Waals surface area contributed by atoms with Crippen LogP contribution in [0.25, 0.3) is 0 Å². The molecule has 0 unspecified atom stereocenters. The fourth-order valence-electron chi connectivity index (χ4n) is 1.48. The minimum atomic E-state index is -4.16. The second-order valence-corrected chi connectivity index (χ2v) is 5.54. The van der Waals surface area contributed by atoms with Gasteiger partial charge in [-0.2, -0.15) is 8.42 Å². The monoisotopic (exact) mass is 292 g/mol. The molecule has 0 aromatic heterocycles. The Balaban J connectivity index is 2.37. The molecule has 0 saturated heterocycles. The minimum Gasteiger partial charge on any atom is -0.360 e. The largest absolute Gasteiger partial charge is 0.363 e. The normalized spacial score (nSPS) is 10.8. The molecule has 0 spiro atoms. The van der Waals surface area contributed by atoms with Crippen LogP contribution >= 0.6 is 0 Å². The number of nitrogens with two attached hydrogens (primary N) is 1. The SMILES string of the molecule is NC(=O)N(Oc1ccccc1)S(=O)(=O)c1ccccc1. The van der Waals surface area contributed by atoms with Crippen LogP contribution in [0.4, 0.5) is 4.79 Å². The first kappa shape index (κ1) is 13.9. The van der Waals surface area contributed by atoms with Gasteiger partial charge in [-0.25, -0.2) is 4.79 Å². The van der Waals surface area contributed by atoms with Gasteiger partial charge in [0.15, 0.2) is 5.75 Å². The van der Waals surface area contributed by atoms with E-state index >= 15 is 0 Å². The van der Waals surface area contributed by atoms with E-state index in [1.54, 1.807) is 24.3 Å². The van der Waals surface area contributed by atoms with Gasteiger partial charge in [0.2, 0.25) is 0 Å². The van der Waals surface area contributed by atoms with Gasteiger partial charge in [0.1, 0.15) is 0 Å². The van der Waals surface area contributed by atoms with E-state index < -0.39 is 16.1 Å². The lowest BCUT2D eigenvalue weighted by atomic mass is 10.3. The summed E-state index contributed by atoms with van der Waals surface area (Å²) in [5, 5.41) is 0. The molecule has 6 nitrogen and oxygen atoms in total. The van der Waals surface area contributed by atoms with Crippen LogP contribution in [-0.4, -0.2) is 18.9 Å². The van der Waals surface area contributed by atoms with Gasteiger partial charge in [-0.05, 0) is 28.7 Å². The second kappa shape index (κ2) is 5.62. The average Bonchev–Trinajstić information content (AvgIpc) is 2.46. The summed E-state index contributed by atoms with van der Waals surface area (Å²) >= 11 is 0. The number of hydrogen-bond donors (Lipinski definition) is 1. The number of hydroxylamine groups is 1. The zero-order chi connectivity index (χ0) is 14.6. The quantitative estimate of drug-likeness (QED) is 0.869. The molecular formula is C13H12N2O4S. The molecule has 0 fully saturated rings. The maximum atomic E-state index is 12.3. The molecular weight excluding hydrogens is 280 g/mol. The predicted molar refractivity (Wildman–Crippen MR) is 72.1 cm³/mol. The zero-order valence-electron chi connectivity index (χ0n) is 10.3. The summed E-state index contributed by atoms with van der Waals surface area (Å²) in [6.07, 6.45) is 0. The van der Waals surface area contributed by atoms with Crippen molar-refractivity contribution in [3.8, 4) is 5.75 Å². The van der Waals surface area contributed by atoms with Crippen molar-refractivity contribution in [2.75, 3.05) is 0 Å². The van der Waals surface area contributed by atoms with Crippen molar-refractivity contribution in [1.82, 2.24) is 4.47 Å². The van der Waals surface area contributed by atoms with E-state index in [9.17, 15) is 13.2 Å². The van der Waals surface area contributed by atoms with Gasteiger partial charge >= 0.3 is 6.03 Å². The first-order valence-electron chi connectivity index (χ1n) is 5.64. The summed E-state index contributed by atoms with van der Waals surface area (Å²) in [6.45, 7) is 0. The third-order valence-electron chi connectivity index (χ3n) is 2.37. The Bertz CT molecular complexity index is 687. The molecule has 2 N–H and O–H groups in total. The Labute approximate surface area is 116 Å². The highest BCUT2D eigenvalue weighted by atomic mass is 32.2.